The summed E-state index contributed by atoms with van der Waals surface area (Å²) >= 11 is 0. The van der Waals surface area contributed by atoms with E-state index in [4.69, 9.17) is 33.5 Å². The highest BCUT2D eigenvalue weighted by atomic mass is 16.8. The Morgan fingerprint density at radius 1 is 0.698 bits per heavy atom. The van der Waals surface area contributed by atoms with E-state index in [9.17, 15) is 50.1 Å². The molecule has 310 valence electrons. The number of unbranched alkanes of at least 4 members (excludes halogenated alkanes) is 10. The topological polar surface area (TPSA) is 268 Å². The highest BCUT2D eigenvalue weighted by Crippen LogP contribution is 2.31. The minimum absolute atomic E-state index is 0.231. The molecule has 0 amide bonds. The van der Waals surface area contributed by atoms with Crippen molar-refractivity contribution in [2.24, 2.45) is 0 Å². The molecule has 12 atom stereocenters. The molecule has 2 rings (SSSR count). The molecule has 0 aliphatic carbocycles. The highest BCUT2D eigenvalue weighted by Gasteiger charge is 2.52. The van der Waals surface area contributed by atoms with Crippen molar-refractivity contribution in [1.29, 1.82) is 0 Å². The second-order valence-electron chi connectivity index (χ2n) is 14.0. The van der Waals surface area contributed by atoms with Gasteiger partial charge in [-0.15, -0.1) is 0 Å². The lowest BCUT2D eigenvalue weighted by atomic mass is 9.96. The number of aliphatic hydroxyl groups excluding tert-OH is 7. The molecule has 2 aliphatic heterocycles. The third-order valence-electron chi connectivity index (χ3n) is 9.38. The van der Waals surface area contributed by atoms with Gasteiger partial charge in [-0.3, -0.25) is 14.4 Å². The van der Waals surface area contributed by atoms with Crippen molar-refractivity contribution in [2.75, 3.05) is 19.8 Å². The first kappa shape index (κ1) is 47.1. The molecule has 0 radical (unpaired) electrons. The summed E-state index contributed by atoms with van der Waals surface area (Å²) in [7, 11) is 0. The zero-order chi connectivity index (χ0) is 39.3. The van der Waals surface area contributed by atoms with Crippen molar-refractivity contribution in [1.82, 2.24) is 0 Å². The lowest BCUT2D eigenvalue weighted by Crippen LogP contribution is -2.65. The van der Waals surface area contributed by atoms with Gasteiger partial charge in [0.15, 0.2) is 18.7 Å². The number of rotatable bonds is 27. The van der Waals surface area contributed by atoms with E-state index in [1.807, 2.05) is 6.92 Å². The number of hydrogen-bond acceptors (Lipinski definition) is 16. The molecule has 0 aromatic carbocycles. The second-order valence-corrected chi connectivity index (χ2v) is 14.0. The van der Waals surface area contributed by atoms with Gasteiger partial charge in [0.2, 0.25) is 0 Å². The summed E-state index contributed by atoms with van der Waals surface area (Å²) in [6.45, 7) is 1.46. The van der Waals surface area contributed by atoms with E-state index >= 15 is 0 Å². The molecular formula is C36H64O17. The Labute approximate surface area is 311 Å². The molecule has 8 N–H and O–H groups in total. The van der Waals surface area contributed by atoms with Crippen LogP contribution in [0.2, 0.25) is 0 Å². The van der Waals surface area contributed by atoms with Gasteiger partial charge in [0, 0.05) is 13.3 Å². The fourth-order valence-corrected chi connectivity index (χ4v) is 6.36. The molecule has 0 unspecified atom stereocenters. The van der Waals surface area contributed by atoms with Crippen LogP contribution in [0.25, 0.3) is 0 Å². The highest BCUT2D eigenvalue weighted by molar-refractivity contribution is 5.70. The van der Waals surface area contributed by atoms with Crippen LogP contribution in [0.15, 0.2) is 0 Å². The minimum Gasteiger partial charge on any atom is -0.481 e. The van der Waals surface area contributed by atoms with Crippen LogP contribution in [-0.2, 0) is 42.8 Å². The second kappa shape index (κ2) is 25.9. The van der Waals surface area contributed by atoms with Crippen molar-refractivity contribution < 1.29 is 83.7 Å². The van der Waals surface area contributed by atoms with Crippen LogP contribution in [-0.4, -0.2) is 152 Å². The summed E-state index contributed by atoms with van der Waals surface area (Å²) in [5.74, 6) is -2.39. The zero-order valence-corrected chi connectivity index (χ0v) is 31.1. The van der Waals surface area contributed by atoms with E-state index in [1.165, 1.54) is 0 Å². The summed E-state index contributed by atoms with van der Waals surface area (Å²) in [5, 5.41) is 82.3. The molecule has 2 fully saturated rings. The molecule has 0 aromatic heterocycles. The molecule has 0 spiro atoms. The first-order valence-electron chi connectivity index (χ1n) is 19.1. The lowest BCUT2D eigenvalue weighted by molar-refractivity contribution is -0.361. The number of esters is 2. The number of carboxylic acids is 1. The molecule has 2 heterocycles. The Hall–Kier alpha value is -2.03. The normalized spacial score (nSPS) is 30.1. The molecule has 17 nitrogen and oxygen atoms in total. The van der Waals surface area contributed by atoms with Crippen LogP contribution in [0.3, 0.4) is 0 Å². The zero-order valence-electron chi connectivity index (χ0n) is 31.1. The third kappa shape index (κ3) is 17.5. The first-order chi connectivity index (χ1) is 25.3. The van der Waals surface area contributed by atoms with Crippen molar-refractivity contribution in [3.63, 3.8) is 0 Å². The van der Waals surface area contributed by atoms with Gasteiger partial charge in [0.25, 0.3) is 0 Å². The van der Waals surface area contributed by atoms with Gasteiger partial charge in [0.05, 0.1) is 31.8 Å². The third-order valence-corrected chi connectivity index (χ3v) is 9.38. The quantitative estimate of drug-likeness (QED) is 0.0424. The fourth-order valence-electron chi connectivity index (χ4n) is 6.36. The Balaban J connectivity index is 1.90. The lowest BCUT2D eigenvalue weighted by Gasteiger charge is -2.46. The molecule has 0 saturated carbocycles. The summed E-state index contributed by atoms with van der Waals surface area (Å²) < 4.78 is 33.4. The van der Waals surface area contributed by atoms with Crippen LogP contribution < -0.4 is 0 Å². The molecule has 0 aromatic rings. The standard InChI is InChI=1S/C36H64O17/c1-3-15-23(39)18-28(43)52-34-30(45)29(44)25(19-37)50-36(34)53-33-26(21-48-22(2)38)51-35(32(47)31(33)46)49-20-24(40)16-13-11-9-7-5-4-6-8-10-12-14-17-27(41)42/h23-26,29-37,39-40,44-47H,3-21H2,1-2H3,(H,41,42)/t23-,24-,25+,26+,29+,30-,31+,32+,33+,34+,35+,36-/m0/s1. The number of aliphatic carboxylic acids is 1. The van der Waals surface area contributed by atoms with Gasteiger partial charge in [-0.25, -0.2) is 0 Å². The summed E-state index contributed by atoms with van der Waals surface area (Å²) in [6.07, 6.45) is -6.04. The molecule has 53 heavy (non-hydrogen) atoms. The fraction of sp³-hybridized carbons (Fsp3) is 0.917. The molecule has 2 aliphatic rings. The average molecular weight is 769 g/mol. The first-order valence-corrected chi connectivity index (χ1v) is 19.1. The largest absolute Gasteiger partial charge is 0.481 e. The predicted octanol–water partition coefficient (Wildman–Crippen LogP) is 0.817. The number of ether oxygens (including phenoxy) is 6. The maximum atomic E-state index is 12.6. The molecule has 17 heteroatoms. The Morgan fingerprint density at radius 3 is 1.83 bits per heavy atom. The molecule has 0 bridgehead atoms. The summed E-state index contributed by atoms with van der Waals surface area (Å²) in [6, 6.07) is 0. The maximum absolute atomic E-state index is 12.6. The van der Waals surface area contributed by atoms with Crippen LogP contribution in [0, 0.1) is 0 Å². The van der Waals surface area contributed by atoms with Crippen LogP contribution in [0.4, 0.5) is 0 Å². The average Bonchev–Trinajstić information content (AvgIpc) is 3.10. The smallest absolute Gasteiger partial charge is 0.308 e. The van der Waals surface area contributed by atoms with Crippen LogP contribution in [0.5, 0.6) is 0 Å². The van der Waals surface area contributed by atoms with Crippen molar-refractivity contribution >= 4 is 17.9 Å². The van der Waals surface area contributed by atoms with E-state index in [-0.39, 0.29) is 13.0 Å². The number of carbonyl (C=O) groups excluding carboxylic acids is 2. The Bertz CT molecular complexity index is 1030. The van der Waals surface area contributed by atoms with Gasteiger partial charge in [-0.05, 0) is 19.3 Å². The van der Waals surface area contributed by atoms with Gasteiger partial charge in [-0.1, -0.05) is 77.6 Å². The van der Waals surface area contributed by atoms with Gasteiger partial charge in [0.1, 0.15) is 49.3 Å². The maximum Gasteiger partial charge on any atom is 0.308 e. The van der Waals surface area contributed by atoms with Crippen LogP contribution in [0.1, 0.15) is 117 Å². The van der Waals surface area contributed by atoms with E-state index in [2.05, 4.69) is 0 Å². The van der Waals surface area contributed by atoms with E-state index in [1.54, 1.807) is 0 Å². The van der Waals surface area contributed by atoms with Crippen molar-refractivity contribution in [2.45, 2.75) is 190 Å². The van der Waals surface area contributed by atoms with Crippen molar-refractivity contribution in [3.8, 4) is 0 Å². The van der Waals surface area contributed by atoms with E-state index in [0.717, 1.165) is 77.6 Å². The Morgan fingerprint density at radius 2 is 1.26 bits per heavy atom. The van der Waals surface area contributed by atoms with Crippen molar-refractivity contribution in [3.05, 3.63) is 0 Å². The van der Waals surface area contributed by atoms with Gasteiger partial charge < -0.3 is 69.3 Å². The number of carboxylic acid groups (broad SMARTS) is 1. The number of hydrogen-bond donors (Lipinski definition) is 8. The molecular weight excluding hydrogens is 704 g/mol. The number of aliphatic hydroxyl groups is 7. The predicted molar refractivity (Wildman–Crippen MR) is 185 cm³/mol. The minimum atomic E-state index is -1.83. The number of carbonyl (C=O) groups is 3. The van der Waals surface area contributed by atoms with E-state index in [0.29, 0.717) is 19.3 Å². The monoisotopic (exact) mass is 768 g/mol. The summed E-state index contributed by atoms with van der Waals surface area (Å²) in [5.41, 5.74) is 0. The van der Waals surface area contributed by atoms with E-state index < -0.39 is 111 Å². The Kier molecular flexibility index (Phi) is 23.1. The summed E-state index contributed by atoms with van der Waals surface area (Å²) in [4.78, 5) is 34.8. The van der Waals surface area contributed by atoms with Gasteiger partial charge >= 0.3 is 17.9 Å². The molecule has 2 saturated heterocycles. The SMILES string of the molecule is CCC[C@H](O)CC(=O)O[C@H]1[C@H](O[C@H]2[C@H](O)[C@@H](O)[C@H](OC[C@@H](O)CCCCCCCCCCCCCC(=O)O)O[C@@H]2COC(C)=O)O[C@H](CO)[C@@H](O)[C@@H]1O. The van der Waals surface area contributed by atoms with Crippen LogP contribution >= 0.6 is 0 Å². The van der Waals surface area contributed by atoms with Gasteiger partial charge in [-0.2, -0.15) is 0 Å².